The molecule has 0 unspecified atom stereocenters. The first-order valence-corrected chi connectivity index (χ1v) is 15.6. The van der Waals surface area contributed by atoms with E-state index >= 15 is 0 Å². The predicted molar refractivity (Wildman–Crippen MR) is 158 cm³/mol. The van der Waals surface area contributed by atoms with Crippen LogP contribution in [0, 0.1) is 67.0 Å². The molecule has 1 N–H and O–H groups in total. The predicted octanol–water partition coefficient (Wildman–Crippen LogP) is 5.69. The maximum atomic E-state index is 14.6. The number of rotatable bonds is 3. The second-order valence-electron chi connectivity index (χ2n) is 16.3. The monoisotopic (exact) mass is 573 g/mol. The number of allylic oxidation sites excluding steroid dienone is 3. The third-order valence-corrected chi connectivity index (χ3v) is 13.6. The van der Waals surface area contributed by atoms with Crippen LogP contribution >= 0.6 is 0 Å². The molecule has 0 aromatic heterocycles. The van der Waals surface area contributed by atoms with Gasteiger partial charge >= 0.3 is 0 Å². The molecule has 42 heavy (non-hydrogen) atoms. The van der Waals surface area contributed by atoms with Crippen LogP contribution in [-0.4, -0.2) is 46.7 Å². The molecular weight excluding hydrogens is 526 g/mol. The van der Waals surface area contributed by atoms with E-state index in [4.69, 9.17) is 5.26 Å². The Morgan fingerprint density at radius 1 is 1.00 bits per heavy atom. The molecule has 7 heteroatoms. The number of aliphatic hydroxyl groups is 1. The highest BCUT2D eigenvalue weighted by atomic mass is 16.3. The minimum absolute atomic E-state index is 0.0511. The second kappa shape index (κ2) is 9.12. The van der Waals surface area contributed by atoms with E-state index < -0.39 is 27.3 Å². The molecule has 0 radical (unpaired) electrons. The van der Waals surface area contributed by atoms with Gasteiger partial charge in [-0.3, -0.25) is 14.4 Å². The number of fused-ring (bicyclic) bond motifs is 7. The highest BCUT2D eigenvalue weighted by Crippen LogP contribution is 2.75. The smallest absolute Gasteiger partial charge is 0.236 e. The van der Waals surface area contributed by atoms with Gasteiger partial charge in [0.2, 0.25) is 5.91 Å². The molecular formula is C35H47N3O4. The molecule has 0 spiro atoms. The summed E-state index contributed by atoms with van der Waals surface area (Å²) in [6.07, 6.45) is 8.87. The van der Waals surface area contributed by atoms with Crippen LogP contribution in [0.4, 0.5) is 0 Å². The molecule has 3 saturated carbocycles. The Balaban J connectivity index is 1.62. The molecule has 226 valence electrons. The van der Waals surface area contributed by atoms with E-state index in [1.807, 2.05) is 26.0 Å². The minimum Gasteiger partial charge on any atom is -0.381 e. The van der Waals surface area contributed by atoms with E-state index in [-0.39, 0.29) is 52.1 Å². The summed E-state index contributed by atoms with van der Waals surface area (Å²) >= 11 is 0. The Kier molecular flexibility index (Phi) is 6.66. The van der Waals surface area contributed by atoms with E-state index in [1.165, 1.54) is 0 Å². The first kappa shape index (κ1) is 30.7. The summed E-state index contributed by atoms with van der Waals surface area (Å²) in [5.74, 6) is -0.935. The van der Waals surface area contributed by atoms with Gasteiger partial charge in [-0.15, -0.1) is 0 Å². The minimum atomic E-state index is -1.58. The Morgan fingerprint density at radius 3 is 2.26 bits per heavy atom. The lowest BCUT2D eigenvalue weighted by atomic mass is 9.33. The van der Waals surface area contributed by atoms with Crippen molar-refractivity contribution in [2.75, 3.05) is 13.6 Å². The first-order chi connectivity index (χ1) is 19.3. The number of ketones is 2. The van der Waals surface area contributed by atoms with Crippen LogP contribution in [0.5, 0.6) is 0 Å². The lowest BCUT2D eigenvalue weighted by molar-refractivity contribution is -0.243. The molecule has 0 aliphatic heterocycles. The molecule has 0 aromatic rings. The molecule has 7 nitrogen and oxygen atoms in total. The fourth-order valence-corrected chi connectivity index (χ4v) is 10.8. The lowest BCUT2D eigenvalue weighted by Crippen LogP contribution is -2.74. The number of carbonyl (C=O) groups excluding carboxylic acids is 3. The standard InChI is InChI=1S/C35H47N3O4/c1-29(2)23-9-11-33(6)24(32(23,5)18-22(20-37)28(29)41)17-26(39)35(42)25-19-30(3,21-38(8)27(40)10-16-36)12-13-31(25,4)14-15-34(33,35)7/h17-18,23,25,42H,9-15,19,21H2,1-8H3/t23-,25+,30-,31+,32-,33+,34-,35+/m0/s1. The average Bonchev–Trinajstić information content (AvgIpc) is 2.91. The molecule has 0 bridgehead atoms. The van der Waals surface area contributed by atoms with Gasteiger partial charge in [0.25, 0.3) is 0 Å². The van der Waals surface area contributed by atoms with Crippen molar-refractivity contribution < 1.29 is 19.5 Å². The number of nitrogens with zero attached hydrogens (tertiary/aromatic N) is 3. The van der Waals surface area contributed by atoms with E-state index in [0.717, 1.165) is 37.7 Å². The normalized spacial score (nSPS) is 45.5. The molecule has 1 amide bonds. The second-order valence-corrected chi connectivity index (χ2v) is 16.3. The Hall–Kier alpha value is -2.77. The lowest BCUT2D eigenvalue weighted by Gasteiger charge is -2.71. The van der Waals surface area contributed by atoms with E-state index in [9.17, 15) is 24.8 Å². The zero-order valence-electron chi connectivity index (χ0n) is 26.7. The van der Waals surface area contributed by atoms with Crippen LogP contribution in [0.3, 0.4) is 0 Å². The van der Waals surface area contributed by atoms with Crippen LogP contribution in [0.15, 0.2) is 23.3 Å². The number of hydrogen-bond donors (Lipinski definition) is 1. The van der Waals surface area contributed by atoms with E-state index in [2.05, 4.69) is 40.7 Å². The van der Waals surface area contributed by atoms with Gasteiger partial charge in [0.15, 0.2) is 11.6 Å². The van der Waals surface area contributed by atoms with Crippen molar-refractivity contribution in [3.05, 3.63) is 23.3 Å². The fraction of sp³-hybridized carbons (Fsp3) is 0.743. The van der Waals surface area contributed by atoms with E-state index in [1.54, 1.807) is 18.0 Å². The average molecular weight is 574 g/mol. The van der Waals surface area contributed by atoms with Crippen LogP contribution in [0.2, 0.25) is 0 Å². The SMILES string of the molecule is CN(C[C@@]1(C)CC[C@]2(C)CC[C@@]3(C)[C@]4(C)CC[C@H]5C(C)(C)C(=O)C(C#N)=C[C@]5(C)C4=CC(=O)[C@]3(O)[C@@H]2C1)C(=O)CC#N. The molecule has 8 atom stereocenters. The van der Waals surface area contributed by atoms with Gasteiger partial charge in [0, 0.05) is 35.8 Å². The Morgan fingerprint density at radius 2 is 1.64 bits per heavy atom. The zero-order chi connectivity index (χ0) is 31.3. The van der Waals surface area contributed by atoms with Crippen molar-refractivity contribution in [2.45, 2.75) is 105 Å². The summed E-state index contributed by atoms with van der Waals surface area (Å²) in [6, 6.07) is 4.09. The van der Waals surface area contributed by atoms with Crippen molar-refractivity contribution in [1.29, 1.82) is 10.5 Å². The van der Waals surface area contributed by atoms with Gasteiger partial charge in [-0.2, -0.15) is 10.5 Å². The molecule has 0 saturated heterocycles. The van der Waals surface area contributed by atoms with Gasteiger partial charge in [-0.05, 0) is 78.8 Å². The van der Waals surface area contributed by atoms with Crippen LogP contribution in [0.25, 0.3) is 0 Å². The maximum absolute atomic E-state index is 14.6. The summed E-state index contributed by atoms with van der Waals surface area (Å²) in [5.41, 5.74) is -3.62. The zero-order valence-corrected chi connectivity index (χ0v) is 26.7. The van der Waals surface area contributed by atoms with Crippen molar-refractivity contribution in [2.24, 2.45) is 44.3 Å². The van der Waals surface area contributed by atoms with Gasteiger partial charge in [-0.25, -0.2) is 0 Å². The first-order valence-electron chi connectivity index (χ1n) is 15.6. The number of hydrogen-bond acceptors (Lipinski definition) is 6. The summed E-state index contributed by atoms with van der Waals surface area (Å²) in [7, 11) is 1.73. The highest BCUT2D eigenvalue weighted by molar-refractivity contribution is 6.05. The summed E-state index contributed by atoms with van der Waals surface area (Å²) in [4.78, 5) is 42.0. The number of nitriles is 2. The van der Waals surface area contributed by atoms with Crippen molar-refractivity contribution in [3.8, 4) is 12.1 Å². The van der Waals surface area contributed by atoms with Crippen molar-refractivity contribution >= 4 is 17.5 Å². The maximum Gasteiger partial charge on any atom is 0.236 e. The largest absolute Gasteiger partial charge is 0.381 e. The van der Waals surface area contributed by atoms with Crippen molar-refractivity contribution in [3.63, 3.8) is 0 Å². The van der Waals surface area contributed by atoms with Crippen LogP contribution < -0.4 is 0 Å². The third-order valence-electron chi connectivity index (χ3n) is 13.6. The Labute approximate surface area is 251 Å². The number of amides is 1. The molecule has 5 rings (SSSR count). The number of carbonyl (C=O) groups is 3. The van der Waals surface area contributed by atoms with Gasteiger partial charge in [-0.1, -0.05) is 54.5 Å². The molecule has 0 aromatic carbocycles. The topological polar surface area (TPSA) is 122 Å². The Bertz CT molecular complexity index is 1410. The fourth-order valence-electron chi connectivity index (χ4n) is 10.8. The van der Waals surface area contributed by atoms with Gasteiger partial charge < -0.3 is 10.0 Å². The van der Waals surface area contributed by atoms with Gasteiger partial charge in [0.1, 0.15) is 18.1 Å². The summed E-state index contributed by atoms with van der Waals surface area (Å²) < 4.78 is 0. The number of Topliss-reactive ketones (excluding diaryl/α,β-unsaturated/α-hetero) is 1. The molecule has 3 fully saturated rings. The molecule has 5 aliphatic carbocycles. The highest BCUT2D eigenvalue weighted by Gasteiger charge is 2.75. The quantitative estimate of drug-likeness (QED) is 0.463. The summed E-state index contributed by atoms with van der Waals surface area (Å²) in [6.45, 7) is 15.1. The van der Waals surface area contributed by atoms with Crippen molar-refractivity contribution in [1.82, 2.24) is 4.90 Å². The summed E-state index contributed by atoms with van der Waals surface area (Å²) in [5, 5.41) is 32.0. The van der Waals surface area contributed by atoms with Crippen LogP contribution in [-0.2, 0) is 14.4 Å². The third kappa shape index (κ3) is 3.68. The van der Waals surface area contributed by atoms with Crippen LogP contribution in [0.1, 0.15) is 99.8 Å². The molecule has 0 heterocycles. The van der Waals surface area contributed by atoms with Gasteiger partial charge in [0.05, 0.1) is 11.6 Å². The molecule has 5 aliphatic rings. The van der Waals surface area contributed by atoms with E-state index in [0.29, 0.717) is 19.4 Å².